The Hall–Kier alpha value is -1.37. The number of nitrogens with zero attached hydrogens (tertiary/aromatic N) is 4. The molecule has 0 aliphatic heterocycles. The summed E-state index contributed by atoms with van der Waals surface area (Å²) in [7, 11) is -7.67. The van der Waals surface area contributed by atoms with E-state index in [-0.39, 0.29) is 101 Å². The maximum Gasteiger partial charge on any atom is 2.00 e. The molecule has 0 bridgehead atoms. The molecule has 53 heavy (non-hydrogen) atoms. The van der Waals surface area contributed by atoms with E-state index >= 15 is 0 Å². The molecular weight excluding hydrogens is 894 g/mol. The molecule has 17 nitrogen and oxygen atoms in total. The van der Waals surface area contributed by atoms with E-state index < -0.39 is 18.1 Å². The SMILES string of the molecule is CO.Cc1ccc2ccc3ccc(C)nc3c2n1.Cc1ccc2ccc3ccc(C)nc3c2n1.O.O.O.O.O.O=S([O-])([O-])=S.O=S([O-])([O-])=S.[Na+].[OH-].[Zn+2].[Zn+2]. The predicted molar refractivity (Wildman–Crippen MR) is 195 cm³/mol. The maximum absolute atomic E-state index is 8.89. The first-order chi connectivity index (χ1) is 20.5. The van der Waals surface area contributed by atoms with Crippen molar-refractivity contribution < 1.29 is 133 Å². The van der Waals surface area contributed by atoms with Crippen LogP contribution in [0.2, 0.25) is 0 Å². The second-order valence-corrected chi connectivity index (χ2v) is 13.1. The minimum Gasteiger partial charge on any atom is -0.870 e. The van der Waals surface area contributed by atoms with Gasteiger partial charge in [-0.25, -0.2) is 0 Å². The Morgan fingerprint density at radius 3 is 0.698 bits per heavy atom. The Labute approximate surface area is 364 Å². The second kappa shape index (κ2) is 31.8. The molecule has 6 aromatic rings. The Balaban J connectivity index is -0.0000000869. The summed E-state index contributed by atoms with van der Waals surface area (Å²) in [5.41, 5.74) is 8.13. The molecule has 4 heterocycles. The molecule has 6 rings (SSSR count). The van der Waals surface area contributed by atoms with E-state index in [0.717, 1.165) is 73.5 Å². The number of aliphatic hydroxyl groups is 1. The zero-order chi connectivity index (χ0) is 33.2. The summed E-state index contributed by atoms with van der Waals surface area (Å²) in [4.78, 5) is 18.3. The van der Waals surface area contributed by atoms with Gasteiger partial charge in [-0.05, 0) is 74.3 Å². The molecule has 0 aliphatic carbocycles. The predicted octanol–water partition coefficient (Wildman–Crippen LogP) is -2.91. The number of hydrogen-bond donors (Lipinski definition) is 1. The Morgan fingerprint density at radius 2 is 0.566 bits per heavy atom. The summed E-state index contributed by atoms with van der Waals surface area (Å²) < 4.78 is 53.3. The number of aliphatic hydroxyl groups excluding tert-OH is 1. The Morgan fingerprint density at radius 1 is 0.453 bits per heavy atom. The zero-order valence-corrected chi connectivity index (χ0v) is 40.8. The van der Waals surface area contributed by atoms with Crippen molar-refractivity contribution in [3.63, 3.8) is 0 Å². The van der Waals surface area contributed by atoms with E-state index in [1.165, 1.54) is 0 Å². The summed E-state index contributed by atoms with van der Waals surface area (Å²) in [6, 6.07) is 24.9. The average Bonchev–Trinajstić information content (AvgIpc) is 2.92. The van der Waals surface area contributed by atoms with Crippen LogP contribution in [0, 0.1) is 27.7 Å². The molecule has 0 saturated heterocycles. The van der Waals surface area contributed by atoms with Gasteiger partial charge in [0.25, 0.3) is 0 Å². The van der Waals surface area contributed by atoms with E-state index in [0.29, 0.717) is 0 Å². The number of hydrogen-bond acceptors (Lipinski definition) is 14. The molecule has 0 radical (unpaired) electrons. The fraction of sp³-hybridized carbons (Fsp3) is 0.172. The zero-order valence-electron chi connectivity index (χ0n) is 29.6. The largest absolute Gasteiger partial charge is 2.00 e. The molecule has 2 aromatic carbocycles. The maximum atomic E-state index is 8.89. The third-order valence-corrected chi connectivity index (χ3v) is 5.60. The van der Waals surface area contributed by atoms with Crippen LogP contribution in [-0.2, 0) is 79.4 Å². The first-order valence-corrected chi connectivity index (χ1v) is 17.2. The van der Waals surface area contributed by atoms with Crippen molar-refractivity contribution >= 4 is 84.1 Å². The number of fused-ring (bicyclic) bond motifs is 6. The van der Waals surface area contributed by atoms with E-state index in [2.05, 4.69) is 90.8 Å². The van der Waals surface area contributed by atoms with Gasteiger partial charge >= 0.3 is 68.5 Å². The smallest absolute Gasteiger partial charge is 0.870 e. The third kappa shape index (κ3) is 25.4. The van der Waals surface area contributed by atoms with E-state index in [1.807, 2.05) is 52.0 Å². The summed E-state index contributed by atoms with van der Waals surface area (Å²) >= 11 is 6.49. The molecule has 282 valence electrons. The van der Waals surface area contributed by atoms with Gasteiger partial charge in [0.2, 0.25) is 0 Å². The van der Waals surface area contributed by atoms with Crippen molar-refractivity contribution in [2.45, 2.75) is 27.7 Å². The van der Waals surface area contributed by atoms with Gasteiger partial charge in [0.1, 0.15) is 0 Å². The first-order valence-electron chi connectivity index (χ1n) is 12.5. The van der Waals surface area contributed by atoms with Gasteiger partial charge in [-0.1, -0.05) is 48.5 Å². The minimum atomic E-state index is -4.33. The van der Waals surface area contributed by atoms with Gasteiger partial charge in [-0.15, -0.1) is 18.1 Å². The molecule has 0 amide bonds. The van der Waals surface area contributed by atoms with E-state index in [9.17, 15) is 0 Å². The molecule has 0 unspecified atom stereocenters. The van der Waals surface area contributed by atoms with Crippen molar-refractivity contribution in [3.8, 4) is 0 Å². The second-order valence-electron chi connectivity index (χ2n) is 9.05. The molecule has 4 aromatic heterocycles. The normalized spacial score (nSPS) is 9.02. The van der Waals surface area contributed by atoms with Crippen molar-refractivity contribution in [1.82, 2.24) is 19.9 Å². The van der Waals surface area contributed by atoms with Gasteiger partial charge in [0.05, 0.1) is 22.1 Å². The van der Waals surface area contributed by atoms with Crippen LogP contribution >= 0.6 is 0 Å². The number of rotatable bonds is 0. The molecule has 0 atom stereocenters. The van der Waals surface area contributed by atoms with Crippen LogP contribution < -0.4 is 29.6 Å². The molecule has 0 saturated carbocycles. The van der Waals surface area contributed by atoms with Crippen LogP contribution in [0.15, 0.2) is 72.8 Å². The van der Waals surface area contributed by atoms with Crippen LogP contribution in [0.25, 0.3) is 43.6 Å². The Kier molecular flexibility index (Phi) is 41.7. The fourth-order valence-electron chi connectivity index (χ4n) is 3.93. The number of aryl methyl sites for hydroxylation is 4. The summed E-state index contributed by atoms with van der Waals surface area (Å²) in [6.45, 7) is 8.03. The van der Waals surface area contributed by atoms with Gasteiger partial charge in [0.15, 0.2) is 0 Å². The monoisotopic (exact) mass is 930 g/mol. The molecule has 0 fully saturated rings. The molecule has 0 aliphatic rings. The van der Waals surface area contributed by atoms with Gasteiger partial charge < -0.3 is 56.2 Å². The summed E-state index contributed by atoms with van der Waals surface area (Å²) in [6.07, 6.45) is 0. The van der Waals surface area contributed by atoms with Crippen LogP contribution in [-0.4, -0.2) is 91.6 Å². The summed E-state index contributed by atoms with van der Waals surface area (Å²) in [5.74, 6) is 0. The molecule has 12 N–H and O–H groups in total. The molecular formula is C29H39N4NaO13S4Zn2. The minimum absolute atomic E-state index is 0. The number of aromatic nitrogens is 4. The quantitative estimate of drug-likeness (QED) is 0.118. The van der Waals surface area contributed by atoms with Gasteiger partial charge in [-0.3, -0.25) is 28.4 Å². The summed E-state index contributed by atoms with van der Waals surface area (Å²) in [5, 5.41) is 11.6. The van der Waals surface area contributed by atoms with Crippen molar-refractivity contribution in [2.24, 2.45) is 0 Å². The molecule has 24 heteroatoms. The van der Waals surface area contributed by atoms with Gasteiger partial charge in [0, 0.05) is 51.4 Å². The Bertz CT molecular complexity index is 1870. The average molecular weight is 934 g/mol. The van der Waals surface area contributed by atoms with Crippen LogP contribution in [0.1, 0.15) is 22.8 Å². The first kappa shape index (κ1) is 69.5. The number of benzene rings is 2. The van der Waals surface area contributed by atoms with Crippen LogP contribution in [0.4, 0.5) is 0 Å². The standard InChI is InChI=1S/2C14H12N2.CH4O.Na.2H2O3S2.6H2O.2Zn/c2*1-9-3-5-11-7-8-12-6-4-10(2)16-14(12)13(11)15-9;1-2;;2*1-5(2,3)4;;;;;;;;/h2*3-8H,1-2H3;2H,1H3;;2*(H2,1,2,3,4);6*1H2;;/q;;;+1;;;;;;;;;2*+2/p-5. The van der Waals surface area contributed by atoms with Gasteiger partial charge in [-0.2, -0.15) is 0 Å². The fourth-order valence-corrected chi connectivity index (χ4v) is 3.93. The van der Waals surface area contributed by atoms with Crippen molar-refractivity contribution in [2.75, 3.05) is 7.11 Å². The van der Waals surface area contributed by atoms with E-state index in [1.54, 1.807) is 0 Å². The van der Waals surface area contributed by atoms with Crippen molar-refractivity contribution in [3.05, 3.63) is 95.6 Å². The van der Waals surface area contributed by atoms with Crippen LogP contribution in [0.5, 0.6) is 0 Å². The van der Waals surface area contributed by atoms with Crippen molar-refractivity contribution in [1.29, 1.82) is 0 Å². The number of pyridine rings is 4. The molecule has 0 spiro atoms. The third-order valence-electron chi connectivity index (χ3n) is 5.60. The van der Waals surface area contributed by atoms with E-state index in [4.69, 9.17) is 31.7 Å². The van der Waals surface area contributed by atoms with Crippen LogP contribution in [0.3, 0.4) is 0 Å². The topological polar surface area (TPSA) is 386 Å².